The molecule has 1 atom stereocenters. The lowest BCUT2D eigenvalue weighted by Gasteiger charge is -2.34. The molecule has 1 heterocycles. The maximum absolute atomic E-state index is 13.9. The Kier molecular flexibility index (Phi) is 5.96. The minimum absolute atomic E-state index is 0.174. The van der Waals surface area contributed by atoms with E-state index in [4.69, 9.17) is 0 Å². The Bertz CT molecular complexity index is 1000. The first-order valence-corrected chi connectivity index (χ1v) is 9.67. The Morgan fingerprint density at radius 1 is 1.18 bits per heavy atom. The zero-order chi connectivity index (χ0) is 20.1. The van der Waals surface area contributed by atoms with E-state index in [1.807, 2.05) is 18.2 Å². The second kappa shape index (κ2) is 8.41. The molecule has 0 fully saturated rings. The molecule has 0 saturated carbocycles. The van der Waals surface area contributed by atoms with Gasteiger partial charge in [-0.15, -0.1) is 5.73 Å². The predicted molar refractivity (Wildman–Crippen MR) is 115 cm³/mol. The minimum Gasteiger partial charge on any atom is -0.373 e. The number of nitrogens with one attached hydrogen (secondary N) is 1. The number of pyridine rings is 1. The van der Waals surface area contributed by atoms with Crippen LogP contribution >= 0.6 is 0 Å². The Morgan fingerprint density at radius 2 is 1.93 bits per heavy atom. The highest BCUT2D eigenvalue weighted by Gasteiger charge is 2.27. The second-order valence-corrected chi connectivity index (χ2v) is 8.03. The molecular weight excluding hydrogens is 347 g/mol. The summed E-state index contributed by atoms with van der Waals surface area (Å²) in [5.74, 6) is 0.214. The van der Waals surface area contributed by atoms with Gasteiger partial charge in [-0.3, -0.25) is 4.98 Å². The first-order valence-electron chi connectivity index (χ1n) is 9.67. The van der Waals surface area contributed by atoms with E-state index in [0.29, 0.717) is 11.4 Å². The van der Waals surface area contributed by atoms with Crippen LogP contribution in [0.2, 0.25) is 0 Å². The molecule has 3 aromatic rings. The maximum Gasteiger partial charge on any atom is 0.149 e. The van der Waals surface area contributed by atoms with Gasteiger partial charge in [0.2, 0.25) is 0 Å². The molecule has 0 aliphatic carbocycles. The van der Waals surface area contributed by atoms with Crippen LogP contribution in [0, 0.1) is 11.7 Å². The molecule has 3 rings (SSSR count). The number of halogens is 1. The third-order valence-corrected chi connectivity index (χ3v) is 4.85. The summed E-state index contributed by atoms with van der Waals surface area (Å²) < 4.78 is 13.9. The fourth-order valence-electron chi connectivity index (χ4n) is 3.90. The number of hydrogen-bond acceptors (Lipinski definition) is 2. The van der Waals surface area contributed by atoms with Gasteiger partial charge in [0.25, 0.3) is 0 Å². The maximum atomic E-state index is 13.9. The zero-order valence-corrected chi connectivity index (χ0v) is 16.8. The molecule has 0 saturated heterocycles. The van der Waals surface area contributed by atoms with Crippen LogP contribution in [0.4, 0.5) is 4.39 Å². The molecule has 0 amide bonds. The Labute approximate surface area is 166 Å². The molecule has 2 aromatic carbocycles. The van der Waals surface area contributed by atoms with Gasteiger partial charge >= 0.3 is 0 Å². The summed E-state index contributed by atoms with van der Waals surface area (Å²) in [6.45, 7) is 10.6. The summed E-state index contributed by atoms with van der Waals surface area (Å²) in [5, 5.41) is 4.43. The number of rotatable bonds is 7. The number of fused-ring (bicyclic) bond motifs is 1. The Hall–Kier alpha value is -2.90. The molecule has 2 nitrogen and oxygen atoms in total. The van der Waals surface area contributed by atoms with E-state index >= 15 is 0 Å². The standard InChI is InChI=1S/C25H27FN2/c1-5-23(21-14-20-12-9-13-22(26)24(20)27-17-21)28-25(4,15-18(2)3)16-19-10-7-6-8-11-19/h6-14,17-18,28H,1,15-16H2,2-4H3/t25-/m1/s1. The Balaban J connectivity index is 1.93. The lowest BCUT2D eigenvalue weighted by atomic mass is 9.84. The summed E-state index contributed by atoms with van der Waals surface area (Å²) in [6, 6.07) is 17.4. The molecule has 28 heavy (non-hydrogen) atoms. The first-order chi connectivity index (χ1) is 13.4. The van der Waals surface area contributed by atoms with E-state index in [-0.39, 0.29) is 11.4 Å². The van der Waals surface area contributed by atoms with Crippen LogP contribution < -0.4 is 5.32 Å². The Morgan fingerprint density at radius 3 is 2.61 bits per heavy atom. The summed E-state index contributed by atoms with van der Waals surface area (Å²) in [7, 11) is 0. The smallest absolute Gasteiger partial charge is 0.149 e. The van der Waals surface area contributed by atoms with E-state index in [1.54, 1.807) is 12.3 Å². The van der Waals surface area contributed by atoms with Crippen molar-refractivity contribution in [3.63, 3.8) is 0 Å². The van der Waals surface area contributed by atoms with Crippen LogP contribution in [0.15, 0.2) is 73.1 Å². The van der Waals surface area contributed by atoms with Gasteiger partial charge in [-0.05, 0) is 43.4 Å². The van der Waals surface area contributed by atoms with Crippen molar-refractivity contribution in [1.82, 2.24) is 10.3 Å². The summed E-state index contributed by atoms with van der Waals surface area (Å²) in [5.41, 5.74) is 6.16. The summed E-state index contributed by atoms with van der Waals surface area (Å²) in [4.78, 5) is 4.32. The molecule has 0 aliphatic rings. The van der Waals surface area contributed by atoms with Crippen LogP contribution in [0.3, 0.4) is 0 Å². The highest BCUT2D eigenvalue weighted by Crippen LogP contribution is 2.26. The minimum atomic E-state index is -0.310. The van der Waals surface area contributed by atoms with Crippen molar-refractivity contribution in [1.29, 1.82) is 0 Å². The van der Waals surface area contributed by atoms with E-state index in [0.717, 1.165) is 29.5 Å². The number of para-hydroxylation sites is 1. The van der Waals surface area contributed by atoms with Crippen LogP contribution in [0.1, 0.15) is 38.3 Å². The molecule has 0 spiro atoms. The van der Waals surface area contributed by atoms with Crippen molar-refractivity contribution in [2.24, 2.45) is 5.92 Å². The van der Waals surface area contributed by atoms with E-state index in [1.165, 1.54) is 11.6 Å². The first kappa shape index (κ1) is 19.9. The van der Waals surface area contributed by atoms with Crippen LogP contribution in [-0.2, 0) is 6.42 Å². The van der Waals surface area contributed by atoms with Crippen LogP contribution in [0.25, 0.3) is 16.6 Å². The van der Waals surface area contributed by atoms with E-state index in [2.05, 4.69) is 67.6 Å². The highest BCUT2D eigenvalue weighted by molar-refractivity contribution is 5.82. The molecule has 0 aliphatic heterocycles. The second-order valence-electron chi connectivity index (χ2n) is 8.03. The SMILES string of the molecule is C=C=C(N[C@@](C)(Cc1ccccc1)CC(C)C)c1cnc2c(F)cccc2c1. The normalized spacial score (nSPS) is 13.2. The quantitative estimate of drug-likeness (QED) is 0.503. The van der Waals surface area contributed by atoms with Gasteiger partial charge in [0.1, 0.15) is 11.3 Å². The van der Waals surface area contributed by atoms with Gasteiger partial charge in [0.05, 0.1) is 5.70 Å². The van der Waals surface area contributed by atoms with Gasteiger partial charge < -0.3 is 5.32 Å². The third-order valence-electron chi connectivity index (χ3n) is 4.85. The van der Waals surface area contributed by atoms with Gasteiger partial charge in [-0.1, -0.05) is 62.9 Å². The largest absolute Gasteiger partial charge is 0.373 e. The van der Waals surface area contributed by atoms with Crippen molar-refractivity contribution < 1.29 is 4.39 Å². The average Bonchev–Trinajstić information content (AvgIpc) is 2.66. The van der Waals surface area contributed by atoms with Crippen molar-refractivity contribution in [2.45, 2.75) is 39.2 Å². The third kappa shape index (κ3) is 4.68. The fourth-order valence-corrected chi connectivity index (χ4v) is 3.90. The van der Waals surface area contributed by atoms with Gasteiger partial charge in [0, 0.05) is 22.7 Å². The van der Waals surface area contributed by atoms with Gasteiger partial charge in [0.15, 0.2) is 0 Å². The van der Waals surface area contributed by atoms with E-state index in [9.17, 15) is 4.39 Å². The molecule has 0 radical (unpaired) electrons. The highest BCUT2D eigenvalue weighted by atomic mass is 19.1. The molecular formula is C25H27FN2. The summed E-state index contributed by atoms with van der Waals surface area (Å²) in [6.07, 6.45) is 3.56. The van der Waals surface area contributed by atoms with E-state index < -0.39 is 0 Å². The van der Waals surface area contributed by atoms with Crippen LogP contribution in [-0.4, -0.2) is 10.5 Å². The molecule has 3 heteroatoms. The summed E-state index contributed by atoms with van der Waals surface area (Å²) >= 11 is 0. The van der Waals surface area contributed by atoms with Crippen molar-refractivity contribution >= 4 is 16.6 Å². The number of hydrogen-bond donors (Lipinski definition) is 1. The lowest BCUT2D eigenvalue weighted by molar-refractivity contribution is 0.326. The lowest BCUT2D eigenvalue weighted by Crippen LogP contribution is -2.44. The van der Waals surface area contributed by atoms with Gasteiger partial charge in [-0.25, -0.2) is 4.39 Å². The number of aromatic nitrogens is 1. The fraction of sp³-hybridized carbons (Fsp3) is 0.280. The topological polar surface area (TPSA) is 24.9 Å². The van der Waals surface area contributed by atoms with Gasteiger partial charge in [-0.2, -0.15) is 0 Å². The molecule has 0 unspecified atom stereocenters. The number of nitrogens with zero attached hydrogens (tertiary/aromatic N) is 1. The van der Waals surface area contributed by atoms with Crippen LogP contribution in [0.5, 0.6) is 0 Å². The number of benzene rings is 2. The van der Waals surface area contributed by atoms with Crippen molar-refractivity contribution in [3.05, 3.63) is 90.0 Å². The molecule has 1 aromatic heterocycles. The predicted octanol–water partition coefficient (Wildman–Crippen LogP) is 6.14. The molecule has 1 N–H and O–H groups in total. The molecule has 0 bridgehead atoms. The monoisotopic (exact) mass is 374 g/mol. The van der Waals surface area contributed by atoms with Crippen molar-refractivity contribution in [3.8, 4) is 0 Å². The average molecular weight is 375 g/mol. The zero-order valence-electron chi connectivity index (χ0n) is 16.8. The van der Waals surface area contributed by atoms with Crippen molar-refractivity contribution in [2.75, 3.05) is 0 Å². The molecule has 144 valence electrons.